The number of carbonyl (C=O) groups is 2. The van der Waals surface area contributed by atoms with Gasteiger partial charge in [0.1, 0.15) is 6.54 Å². The molecule has 0 bridgehead atoms. The molecule has 2 N–H and O–H groups in total. The van der Waals surface area contributed by atoms with Crippen molar-refractivity contribution in [1.82, 2.24) is 4.90 Å². The average molecular weight is 366 g/mol. The highest BCUT2D eigenvalue weighted by Gasteiger charge is 2.23. The summed E-state index contributed by atoms with van der Waals surface area (Å²) in [5, 5.41) is 2.91. The van der Waals surface area contributed by atoms with Crippen LogP contribution in [0.2, 0.25) is 0 Å². The number of carbonyl (C=O) groups excluding carboxylic acids is 2. The van der Waals surface area contributed by atoms with Gasteiger partial charge in [0.05, 0.1) is 13.1 Å². The molecule has 0 fully saturated rings. The molecule has 1 atom stereocenters. The van der Waals surface area contributed by atoms with E-state index in [2.05, 4.69) is 23.5 Å². The molecule has 0 saturated carbocycles. The number of fused-ring (bicyclic) bond motifs is 1. The van der Waals surface area contributed by atoms with Gasteiger partial charge in [0.15, 0.2) is 6.54 Å². The molecule has 0 radical (unpaired) electrons. The summed E-state index contributed by atoms with van der Waals surface area (Å²) in [7, 11) is 1.70. The molecule has 27 heavy (non-hydrogen) atoms. The minimum Gasteiger partial charge on any atom is -0.332 e. The average Bonchev–Trinajstić information content (AvgIpc) is 2.64. The third kappa shape index (κ3) is 4.95. The van der Waals surface area contributed by atoms with E-state index < -0.39 is 0 Å². The van der Waals surface area contributed by atoms with Crippen molar-refractivity contribution in [3.05, 3.63) is 64.7 Å². The monoisotopic (exact) mass is 366 g/mol. The molecule has 1 unspecified atom stereocenters. The van der Waals surface area contributed by atoms with Crippen LogP contribution in [0.3, 0.4) is 0 Å². The van der Waals surface area contributed by atoms with Crippen LogP contribution in [0.25, 0.3) is 0 Å². The van der Waals surface area contributed by atoms with Crippen molar-refractivity contribution >= 4 is 17.5 Å². The zero-order valence-electron chi connectivity index (χ0n) is 16.3. The van der Waals surface area contributed by atoms with Crippen molar-refractivity contribution in [3.8, 4) is 0 Å². The lowest BCUT2D eigenvalue weighted by atomic mass is 10.00. The van der Waals surface area contributed by atoms with Gasteiger partial charge in [0, 0.05) is 24.7 Å². The summed E-state index contributed by atoms with van der Waals surface area (Å²) in [6.07, 6.45) is 0.996. The Morgan fingerprint density at radius 1 is 1.11 bits per heavy atom. The van der Waals surface area contributed by atoms with Crippen LogP contribution in [0.15, 0.2) is 42.5 Å². The van der Waals surface area contributed by atoms with E-state index in [1.54, 1.807) is 7.05 Å². The molecule has 0 spiro atoms. The highest BCUT2D eigenvalue weighted by Crippen LogP contribution is 2.16. The van der Waals surface area contributed by atoms with Gasteiger partial charge in [-0.1, -0.05) is 36.4 Å². The summed E-state index contributed by atoms with van der Waals surface area (Å²) in [6, 6.07) is 14.4. The Morgan fingerprint density at radius 3 is 2.63 bits per heavy atom. The fourth-order valence-corrected chi connectivity index (χ4v) is 3.51. The van der Waals surface area contributed by atoms with Gasteiger partial charge in [0.25, 0.3) is 5.91 Å². The maximum atomic E-state index is 12.6. The lowest BCUT2D eigenvalue weighted by Crippen LogP contribution is -3.12. The lowest BCUT2D eigenvalue weighted by molar-refractivity contribution is -0.908. The van der Waals surface area contributed by atoms with Crippen molar-refractivity contribution in [2.24, 2.45) is 0 Å². The van der Waals surface area contributed by atoms with E-state index in [0.717, 1.165) is 36.3 Å². The summed E-state index contributed by atoms with van der Waals surface area (Å²) in [5.41, 5.74) is 5.62. The van der Waals surface area contributed by atoms with Gasteiger partial charge < -0.3 is 15.1 Å². The van der Waals surface area contributed by atoms with Crippen LogP contribution < -0.4 is 10.2 Å². The molecule has 3 rings (SSSR count). The van der Waals surface area contributed by atoms with Crippen LogP contribution in [0.4, 0.5) is 5.69 Å². The van der Waals surface area contributed by atoms with Crippen LogP contribution in [0.5, 0.6) is 0 Å². The predicted octanol–water partition coefficient (Wildman–Crippen LogP) is 1.34. The van der Waals surface area contributed by atoms with Crippen molar-refractivity contribution in [1.29, 1.82) is 0 Å². The van der Waals surface area contributed by atoms with Crippen molar-refractivity contribution in [2.75, 3.05) is 32.0 Å². The van der Waals surface area contributed by atoms with E-state index in [0.29, 0.717) is 6.54 Å². The fourth-order valence-electron chi connectivity index (χ4n) is 3.51. The van der Waals surface area contributed by atoms with Gasteiger partial charge in [-0.25, -0.2) is 0 Å². The number of hydrogen-bond acceptors (Lipinski definition) is 2. The molecule has 1 aliphatic heterocycles. The molecule has 0 aliphatic carbocycles. The Labute approximate surface area is 161 Å². The molecule has 0 aromatic heterocycles. The maximum Gasteiger partial charge on any atom is 0.277 e. The number of nitrogens with zero attached hydrogens (tertiary/aromatic N) is 1. The maximum absolute atomic E-state index is 12.6. The van der Waals surface area contributed by atoms with Gasteiger partial charge in [0.2, 0.25) is 5.91 Å². The largest absolute Gasteiger partial charge is 0.332 e. The summed E-state index contributed by atoms with van der Waals surface area (Å²) in [6.45, 7) is 6.25. The minimum atomic E-state index is -0.168. The van der Waals surface area contributed by atoms with E-state index in [9.17, 15) is 9.59 Å². The minimum absolute atomic E-state index is 0.000459. The van der Waals surface area contributed by atoms with Gasteiger partial charge in [-0.15, -0.1) is 0 Å². The van der Waals surface area contributed by atoms with E-state index in [-0.39, 0.29) is 18.4 Å². The lowest BCUT2D eigenvalue weighted by Gasteiger charge is -2.27. The first-order valence-corrected chi connectivity index (χ1v) is 9.44. The first-order chi connectivity index (χ1) is 12.9. The van der Waals surface area contributed by atoms with Crippen molar-refractivity contribution < 1.29 is 14.5 Å². The Bertz CT molecular complexity index is 847. The first kappa shape index (κ1) is 19.1. The van der Waals surface area contributed by atoms with E-state index in [4.69, 9.17) is 0 Å². The predicted molar refractivity (Wildman–Crippen MR) is 107 cm³/mol. The van der Waals surface area contributed by atoms with E-state index in [1.165, 1.54) is 20.9 Å². The molecule has 0 saturated heterocycles. The number of benzene rings is 2. The van der Waals surface area contributed by atoms with Crippen LogP contribution in [-0.2, 0) is 22.6 Å². The zero-order chi connectivity index (χ0) is 19.4. The number of rotatable bonds is 5. The summed E-state index contributed by atoms with van der Waals surface area (Å²) >= 11 is 0. The zero-order valence-corrected chi connectivity index (χ0v) is 16.3. The van der Waals surface area contributed by atoms with Gasteiger partial charge in [-0.3, -0.25) is 9.59 Å². The Hall–Kier alpha value is -2.66. The number of nitrogens with one attached hydrogen (secondary N) is 2. The quantitative estimate of drug-likeness (QED) is 0.839. The van der Waals surface area contributed by atoms with Gasteiger partial charge in [-0.05, 0) is 36.6 Å². The third-order valence-corrected chi connectivity index (χ3v) is 5.18. The van der Waals surface area contributed by atoms with E-state index in [1.807, 2.05) is 38.1 Å². The molecular weight excluding hydrogens is 338 g/mol. The number of quaternary nitrogens is 1. The third-order valence-electron chi connectivity index (χ3n) is 5.18. The molecule has 2 aromatic rings. The van der Waals surface area contributed by atoms with Crippen LogP contribution in [-0.4, -0.2) is 43.4 Å². The van der Waals surface area contributed by atoms with Crippen molar-refractivity contribution in [2.45, 2.75) is 26.8 Å². The summed E-state index contributed by atoms with van der Waals surface area (Å²) in [4.78, 5) is 27.7. The second-order valence-electron chi connectivity index (χ2n) is 7.49. The molecule has 142 valence electrons. The fraction of sp³-hybridized carbons (Fsp3) is 0.364. The Kier molecular flexibility index (Phi) is 5.91. The van der Waals surface area contributed by atoms with Crippen molar-refractivity contribution in [3.63, 3.8) is 0 Å². The number of aryl methyl sites for hydroxylation is 2. The normalized spacial score (nSPS) is 15.7. The Morgan fingerprint density at radius 2 is 1.85 bits per heavy atom. The molecule has 1 heterocycles. The molecular formula is C22H28N3O2+. The smallest absolute Gasteiger partial charge is 0.277 e. The highest BCUT2D eigenvalue weighted by atomic mass is 16.2. The Balaban J connectivity index is 1.52. The second-order valence-corrected chi connectivity index (χ2v) is 7.49. The van der Waals surface area contributed by atoms with Crippen LogP contribution in [0, 0.1) is 13.8 Å². The molecule has 2 aromatic carbocycles. The summed E-state index contributed by atoms with van der Waals surface area (Å²) < 4.78 is 0. The number of hydrogen-bond donors (Lipinski definition) is 2. The topological polar surface area (TPSA) is 53.9 Å². The van der Waals surface area contributed by atoms with Crippen LogP contribution in [0.1, 0.15) is 22.3 Å². The van der Waals surface area contributed by atoms with Gasteiger partial charge in [-0.2, -0.15) is 0 Å². The number of amides is 2. The molecule has 5 heteroatoms. The number of likely N-dealkylation sites (N-methyl/N-ethyl adjacent to an activating group) is 1. The standard InChI is InChI=1S/C22H27N3O2/c1-16-8-9-17(2)20(12-16)23-21(26)14-24(3)22(27)15-25-11-10-18-6-4-5-7-19(18)13-25/h4-9,12H,10-11,13-15H2,1-3H3,(H,23,26)/p+1. The van der Waals surface area contributed by atoms with Crippen LogP contribution >= 0.6 is 0 Å². The first-order valence-electron chi connectivity index (χ1n) is 9.44. The second kappa shape index (κ2) is 8.35. The molecule has 5 nitrogen and oxygen atoms in total. The highest BCUT2D eigenvalue weighted by molar-refractivity contribution is 5.95. The van der Waals surface area contributed by atoms with Gasteiger partial charge >= 0.3 is 0 Å². The summed E-state index contributed by atoms with van der Waals surface area (Å²) in [5.74, 6) is -0.168. The SMILES string of the molecule is Cc1ccc(C)c(NC(=O)CN(C)C(=O)C[NH+]2CCc3ccccc3C2)c1. The van der Waals surface area contributed by atoms with E-state index >= 15 is 0 Å². The molecule has 1 aliphatic rings. The molecule has 2 amide bonds. The number of anilines is 1.